The molecule has 0 bridgehead atoms. The van der Waals surface area contributed by atoms with Crippen molar-refractivity contribution in [3.8, 4) is 0 Å². The molecule has 2 heterocycles. The Kier molecular flexibility index (Phi) is 45.7. The molecule has 2 aliphatic heterocycles. The minimum absolute atomic E-state index is 0.174. The van der Waals surface area contributed by atoms with Crippen LogP contribution in [0.25, 0.3) is 0 Å². The minimum atomic E-state index is -1.76. The van der Waals surface area contributed by atoms with Crippen molar-refractivity contribution in [2.24, 2.45) is 0 Å². The van der Waals surface area contributed by atoms with Gasteiger partial charge in [-0.25, -0.2) is 0 Å². The Bertz CT molecular complexity index is 1340. The molecule has 0 amide bonds. The Morgan fingerprint density at radius 3 is 1.01 bits per heavy atom. The van der Waals surface area contributed by atoms with Crippen molar-refractivity contribution in [1.29, 1.82) is 0 Å². The summed E-state index contributed by atoms with van der Waals surface area (Å²) in [5, 5.41) is 72.4. The Balaban J connectivity index is 1.70. The Hall–Kier alpha value is -1.50. The van der Waals surface area contributed by atoms with E-state index in [2.05, 4.69) is 13.8 Å². The summed E-state index contributed by atoms with van der Waals surface area (Å²) in [5.41, 5.74) is 0. The van der Waals surface area contributed by atoms with E-state index in [1.807, 2.05) is 0 Å². The van der Waals surface area contributed by atoms with Crippen LogP contribution >= 0.6 is 0 Å². The molecule has 0 radical (unpaired) electrons. The number of hydrogen-bond acceptors (Lipinski definition) is 15. The number of unbranched alkanes of at least 4 members (excludes halogenated alkanes) is 39. The lowest BCUT2D eigenvalue weighted by Gasteiger charge is -2.42. The summed E-state index contributed by atoms with van der Waals surface area (Å²) in [5.74, 6) is -0.900. The first-order valence-corrected chi connectivity index (χ1v) is 32.1. The van der Waals surface area contributed by atoms with Crippen LogP contribution in [0.3, 0.4) is 0 Å². The van der Waals surface area contributed by atoms with Crippen molar-refractivity contribution >= 4 is 11.9 Å². The van der Waals surface area contributed by atoms with Crippen LogP contribution in [0.15, 0.2) is 0 Å². The van der Waals surface area contributed by atoms with E-state index in [-0.39, 0.29) is 26.1 Å². The third-order valence-electron chi connectivity index (χ3n) is 15.8. The summed E-state index contributed by atoms with van der Waals surface area (Å²) in [4.78, 5) is 26.0. The van der Waals surface area contributed by atoms with Gasteiger partial charge in [0.2, 0.25) is 0 Å². The molecule has 7 N–H and O–H groups in total. The summed E-state index contributed by atoms with van der Waals surface area (Å²) in [7, 11) is 0. The molecule has 2 fully saturated rings. The van der Waals surface area contributed by atoms with Gasteiger partial charge < -0.3 is 64.2 Å². The predicted molar refractivity (Wildman–Crippen MR) is 303 cm³/mol. The number of aliphatic hydroxyl groups is 7. The molecule has 15 nitrogen and oxygen atoms in total. The largest absolute Gasteiger partial charge is 0.462 e. The average molecular weight is 1100 g/mol. The van der Waals surface area contributed by atoms with E-state index >= 15 is 0 Å². The Morgan fingerprint density at radius 1 is 0.364 bits per heavy atom. The predicted octanol–water partition coefficient (Wildman–Crippen LogP) is 11.9. The van der Waals surface area contributed by atoms with Gasteiger partial charge in [-0.3, -0.25) is 9.59 Å². The maximum Gasteiger partial charge on any atom is 0.306 e. The highest BCUT2D eigenvalue weighted by Crippen LogP contribution is 2.27. The number of carbonyl (C=O) groups is 2. The van der Waals surface area contributed by atoms with Crippen LogP contribution in [0.5, 0.6) is 0 Å². The topological polar surface area (TPSA) is 231 Å². The van der Waals surface area contributed by atoms with E-state index in [0.29, 0.717) is 12.8 Å². The van der Waals surface area contributed by atoms with Crippen LogP contribution in [-0.4, -0.2) is 142 Å². The molecule has 11 atom stereocenters. The highest BCUT2D eigenvalue weighted by Gasteiger charge is 2.47. The standard InChI is InChI=1S/C62H118O15/c1-3-5-7-9-11-13-15-17-19-21-23-24-25-27-29-31-33-35-37-39-41-43-45-54(65)75-50(47-72-53(64)44-42-40-38-36-34-32-30-28-26-22-20-18-16-14-12-10-8-6-4-2)48-73-61-60(71)58(69)56(67)52(77-61)49-74-62-59(70)57(68)55(66)51(46-63)76-62/h50-52,55-63,66-71H,3-49H2,1-2H3/t50-,51+,52+,55-,56-,57?,58?,59?,60?,61+,62+/m1/s1. The van der Waals surface area contributed by atoms with Gasteiger partial charge in [-0.1, -0.05) is 264 Å². The van der Waals surface area contributed by atoms with Gasteiger partial charge in [0.05, 0.1) is 19.8 Å². The van der Waals surface area contributed by atoms with E-state index in [4.69, 9.17) is 28.4 Å². The molecule has 0 aliphatic carbocycles. The number of carbonyl (C=O) groups excluding carboxylic acids is 2. The quantitative estimate of drug-likeness (QED) is 0.0222. The van der Waals surface area contributed by atoms with E-state index in [0.717, 1.165) is 38.5 Å². The second-order valence-corrected chi connectivity index (χ2v) is 23.0. The van der Waals surface area contributed by atoms with E-state index < -0.39 is 92.7 Å². The van der Waals surface area contributed by atoms with Gasteiger partial charge >= 0.3 is 11.9 Å². The summed E-state index contributed by atoms with van der Waals surface area (Å²) in [6.45, 7) is 2.68. The highest BCUT2D eigenvalue weighted by atomic mass is 16.7. The van der Waals surface area contributed by atoms with Gasteiger partial charge in [0.15, 0.2) is 18.7 Å². The first kappa shape index (κ1) is 71.6. The lowest BCUT2D eigenvalue weighted by molar-refractivity contribution is -0.332. The lowest BCUT2D eigenvalue weighted by atomic mass is 9.98. The molecule has 0 saturated carbocycles. The van der Waals surface area contributed by atoms with Crippen LogP contribution in [0.4, 0.5) is 0 Å². The number of esters is 2. The fraction of sp³-hybridized carbons (Fsp3) is 0.968. The molecule has 15 heteroatoms. The van der Waals surface area contributed by atoms with Crippen LogP contribution in [0.1, 0.15) is 290 Å². The first-order valence-electron chi connectivity index (χ1n) is 32.1. The highest BCUT2D eigenvalue weighted by molar-refractivity contribution is 5.70. The molecule has 0 aromatic rings. The zero-order valence-electron chi connectivity index (χ0n) is 49.0. The molecule has 2 aliphatic rings. The third-order valence-corrected chi connectivity index (χ3v) is 15.8. The smallest absolute Gasteiger partial charge is 0.306 e. The van der Waals surface area contributed by atoms with E-state index in [1.165, 1.54) is 212 Å². The second kappa shape index (κ2) is 49.1. The first-order chi connectivity index (χ1) is 37.5. The second-order valence-electron chi connectivity index (χ2n) is 23.0. The number of hydrogen-bond donors (Lipinski definition) is 7. The average Bonchev–Trinajstić information content (AvgIpc) is 3.43. The van der Waals surface area contributed by atoms with Gasteiger partial charge in [0, 0.05) is 12.8 Å². The fourth-order valence-corrected chi connectivity index (χ4v) is 10.6. The normalized spacial score (nSPS) is 24.1. The van der Waals surface area contributed by atoms with Gasteiger partial charge in [0.1, 0.15) is 55.4 Å². The number of rotatable bonds is 53. The monoisotopic (exact) mass is 1100 g/mol. The lowest BCUT2D eigenvalue weighted by Crippen LogP contribution is -2.61. The molecule has 456 valence electrons. The van der Waals surface area contributed by atoms with Gasteiger partial charge in [-0.05, 0) is 12.8 Å². The number of ether oxygens (including phenoxy) is 6. The van der Waals surface area contributed by atoms with Crippen molar-refractivity contribution in [1.82, 2.24) is 0 Å². The van der Waals surface area contributed by atoms with Crippen LogP contribution in [-0.2, 0) is 38.0 Å². The maximum atomic E-state index is 13.1. The van der Waals surface area contributed by atoms with Crippen molar-refractivity contribution in [3.05, 3.63) is 0 Å². The molecule has 77 heavy (non-hydrogen) atoms. The van der Waals surface area contributed by atoms with Crippen molar-refractivity contribution < 1.29 is 73.8 Å². The van der Waals surface area contributed by atoms with Crippen LogP contribution < -0.4 is 0 Å². The summed E-state index contributed by atoms with van der Waals surface area (Å²) < 4.78 is 33.8. The molecule has 4 unspecified atom stereocenters. The maximum absolute atomic E-state index is 13.1. The van der Waals surface area contributed by atoms with Gasteiger partial charge in [-0.15, -0.1) is 0 Å². The van der Waals surface area contributed by atoms with Gasteiger partial charge in [0.25, 0.3) is 0 Å². The van der Waals surface area contributed by atoms with Crippen molar-refractivity contribution in [2.45, 2.75) is 357 Å². The number of aliphatic hydroxyl groups excluding tert-OH is 7. The SMILES string of the molecule is CCCCCCCCCCCCCCCCCCCCCCCCC(=O)O[C@H](COC(=O)CCCCCCCCCCCCCCCCCCCCC)CO[C@H]1O[C@@H](CO[C@H]2O[C@@H](CO)[C@@H](O)C(O)C2O)[C@@H](O)C(O)C1O. The van der Waals surface area contributed by atoms with Crippen molar-refractivity contribution in [3.63, 3.8) is 0 Å². The third kappa shape index (κ3) is 35.9. The Labute approximate surface area is 468 Å². The van der Waals surface area contributed by atoms with Crippen LogP contribution in [0, 0.1) is 0 Å². The summed E-state index contributed by atoms with van der Waals surface area (Å²) in [6, 6.07) is 0. The molecular weight excluding hydrogens is 985 g/mol. The molecule has 0 aromatic heterocycles. The van der Waals surface area contributed by atoms with Crippen LogP contribution in [0.2, 0.25) is 0 Å². The molecule has 0 spiro atoms. The fourth-order valence-electron chi connectivity index (χ4n) is 10.6. The summed E-state index contributed by atoms with van der Waals surface area (Å²) >= 11 is 0. The molecule has 2 saturated heterocycles. The zero-order chi connectivity index (χ0) is 56.0. The molecule has 0 aromatic carbocycles. The molecule has 2 rings (SSSR count). The van der Waals surface area contributed by atoms with E-state index in [1.54, 1.807) is 0 Å². The minimum Gasteiger partial charge on any atom is -0.462 e. The zero-order valence-corrected chi connectivity index (χ0v) is 49.0. The Morgan fingerprint density at radius 2 is 0.662 bits per heavy atom. The summed E-state index contributed by atoms with van der Waals surface area (Å²) in [6.07, 6.45) is 35.5. The van der Waals surface area contributed by atoms with Gasteiger partial charge in [-0.2, -0.15) is 0 Å². The molecular formula is C62H118O15. The van der Waals surface area contributed by atoms with Crippen molar-refractivity contribution in [2.75, 3.05) is 26.4 Å². The van der Waals surface area contributed by atoms with E-state index in [9.17, 15) is 45.3 Å².